The fourth-order valence-corrected chi connectivity index (χ4v) is 1.97. The third kappa shape index (κ3) is 6.42. The zero-order chi connectivity index (χ0) is 18.1. The zero-order valence-electron chi connectivity index (χ0n) is 14.2. The predicted molar refractivity (Wildman–Crippen MR) is 95.4 cm³/mol. The molecule has 0 radical (unpaired) electrons. The first-order valence-corrected chi connectivity index (χ1v) is 7.75. The van der Waals surface area contributed by atoms with Crippen molar-refractivity contribution in [1.29, 1.82) is 0 Å². The Labute approximate surface area is 146 Å². The van der Waals surface area contributed by atoms with Crippen LogP contribution in [0.25, 0.3) is 0 Å². The molecule has 2 amide bonds. The molecule has 25 heavy (non-hydrogen) atoms. The van der Waals surface area contributed by atoms with E-state index >= 15 is 0 Å². The minimum absolute atomic E-state index is 0.0633. The van der Waals surface area contributed by atoms with Gasteiger partial charge in [0.2, 0.25) is 5.91 Å². The van der Waals surface area contributed by atoms with E-state index in [0.29, 0.717) is 17.1 Å². The van der Waals surface area contributed by atoms with Gasteiger partial charge < -0.3 is 10.1 Å². The lowest BCUT2D eigenvalue weighted by atomic mass is 10.2. The Morgan fingerprint density at radius 1 is 1.16 bits per heavy atom. The van der Waals surface area contributed by atoms with Crippen LogP contribution >= 0.6 is 0 Å². The van der Waals surface area contributed by atoms with Crippen molar-refractivity contribution < 1.29 is 14.3 Å². The zero-order valence-corrected chi connectivity index (χ0v) is 14.2. The Bertz CT molecular complexity index is 760. The number of nitrogens with zero attached hydrogens (tertiary/aromatic N) is 2. The van der Waals surface area contributed by atoms with Crippen LogP contribution in [0.5, 0.6) is 5.75 Å². The van der Waals surface area contributed by atoms with Crippen molar-refractivity contribution in [2.45, 2.75) is 20.3 Å². The number of carbonyl (C=O) groups is 2. The second-order valence-electron chi connectivity index (χ2n) is 5.40. The van der Waals surface area contributed by atoms with Gasteiger partial charge in [0.25, 0.3) is 5.91 Å². The van der Waals surface area contributed by atoms with Crippen LogP contribution in [-0.2, 0) is 9.59 Å². The number of amides is 2. The van der Waals surface area contributed by atoms with E-state index in [1.54, 1.807) is 37.5 Å². The third-order valence-electron chi connectivity index (χ3n) is 3.19. The van der Waals surface area contributed by atoms with Gasteiger partial charge in [0, 0.05) is 11.9 Å². The molecule has 2 rings (SSSR count). The van der Waals surface area contributed by atoms with E-state index in [1.165, 1.54) is 0 Å². The van der Waals surface area contributed by atoms with Gasteiger partial charge in [0.05, 0.1) is 18.3 Å². The average molecular weight is 340 g/mol. The van der Waals surface area contributed by atoms with Gasteiger partial charge in [0.15, 0.2) is 6.61 Å². The van der Waals surface area contributed by atoms with Crippen LogP contribution < -0.4 is 15.5 Å². The van der Waals surface area contributed by atoms with Crippen LogP contribution in [0.1, 0.15) is 18.9 Å². The number of anilines is 1. The summed E-state index contributed by atoms with van der Waals surface area (Å²) in [5, 5.41) is 6.59. The number of ether oxygens (including phenoxy) is 1. The standard InChI is InChI=1S/C18H20N4O3/c1-13-6-3-4-8-16(13)25-12-18(24)22-21-14(2)10-17(23)20-15-7-5-9-19-11-15/h3-9,11H,10,12H2,1-2H3,(H,20,23)(H,22,24)/b21-14+. The van der Waals surface area contributed by atoms with Crippen LogP contribution in [0, 0.1) is 6.92 Å². The Balaban J connectivity index is 1.75. The first-order valence-electron chi connectivity index (χ1n) is 7.75. The summed E-state index contributed by atoms with van der Waals surface area (Å²) in [4.78, 5) is 27.5. The Morgan fingerprint density at radius 2 is 1.96 bits per heavy atom. The summed E-state index contributed by atoms with van der Waals surface area (Å²) in [5.74, 6) is 0.0177. The van der Waals surface area contributed by atoms with Crippen molar-refractivity contribution in [2.75, 3.05) is 11.9 Å². The first kappa shape index (κ1) is 18.1. The summed E-state index contributed by atoms with van der Waals surface area (Å²) in [7, 11) is 0. The maximum absolute atomic E-state index is 11.9. The molecule has 0 unspecified atom stereocenters. The lowest BCUT2D eigenvalue weighted by Crippen LogP contribution is -2.26. The molecule has 7 nitrogen and oxygen atoms in total. The number of hydrogen-bond donors (Lipinski definition) is 2. The first-order chi connectivity index (χ1) is 12.0. The maximum Gasteiger partial charge on any atom is 0.277 e. The van der Waals surface area contributed by atoms with Gasteiger partial charge in [-0.1, -0.05) is 18.2 Å². The number of rotatable bonds is 7. The number of para-hydroxylation sites is 1. The molecule has 130 valence electrons. The number of carbonyl (C=O) groups excluding carboxylic acids is 2. The van der Waals surface area contributed by atoms with Crippen LogP contribution in [0.15, 0.2) is 53.9 Å². The number of nitrogens with one attached hydrogen (secondary N) is 2. The number of benzene rings is 1. The highest BCUT2D eigenvalue weighted by atomic mass is 16.5. The van der Waals surface area contributed by atoms with Gasteiger partial charge in [-0.2, -0.15) is 5.10 Å². The minimum Gasteiger partial charge on any atom is -0.483 e. The summed E-state index contributed by atoms with van der Waals surface area (Å²) in [6, 6.07) is 10.9. The lowest BCUT2D eigenvalue weighted by Gasteiger charge is -2.08. The number of aryl methyl sites for hydroxylation is 1. The molecule has 0 saturated heterocycles. The van der Waals surface area contributed by atoms with E-state index in [-0.39, 0.29) is 18.9 Å². The molecule has 7 heteroatoms. The van der Waals surface area contributed by atoms with Crippen molar-refractivity contribution in [2.24, 2.45) is 5.10 Å². The highest BCUT2D eigenvalue weighted by Crippen LogP contribution is 2.15. The molecule has 0 aliphatic heterocycles. The number of aromatic nitrogens is 1. The molecular weight excluding hydrogens is 320 g/mol. The van der Waals surface area contributed by atoms with Gasteiger partial charge >= 0.3 is 0 Å². The number of hydrogen-bond acceptors (Lipinski definition) is 5. The molecule has 0 saturated carbocycles. The molecule has 2 aromatic rings. The highest BCUT2D eigenvalue weighted by molar-refractivity contribution is 6.05. The molecule has 1 aromatic carbocycles. The van der Waals surface area contributed by atoms with E-state index in [4.69, 9.17) is 4.74 Å². The van der Waals surface area contributed by atoms with Gasteiger partial charge in [0.1, 0.15) is 5.75 Å². The molecule has 0 atom stereocenters. The van der Waals surface area contributed by atoms with E-state index in [1.807, 2.05) is 25.1 Å². The fraction of sp³-hybridized carbons (Fsp3) is 0.222. The normalized spacial score (nSPS) is 10.9. The average Bonchev–Trinajstić information content (AvgIpc) is 2.60. The molecule has 0 bridgehead atoms. The minimum atomic E-state index is -0.393. The third-order valence-corrected chi connectivity index (χ3v) is 3.19. The second kappa shape index (κ2) is 9.17. The van der Waals surface area contributed by atoms with Gasteiger partial charge in [-0.3, -0.25) is 14.6 Å². The number of pyridine rings is 1. The molecule has 0 aliphatic rings. The Hall–Kier alpha value is -3.22. The summed E-state index contributed by atoms with van der Waals surface area (Å²) in [6.45, 7) is 3.41. The monoisotopic (exact) mass is 340 g/mol. The summed E-state index contributed by atoms with van der Waals surface area (Å²) in [6.07, 6.45) is 3.24. The topological polar surface area (TPSA) is 92.7 Å². The summed E-state index contributed by atoms with van der Waals surface area (Å²) in [5.41, 5.74) is 4.40. The predicted octanol–water partition coefficient (Wildman–Crippen LogP) is 2.29. The Kier molecular flexibility index (Phi) is 6.65. The van der Waals surface area contributed by atoms with Crippen LogP contribution in [0.3, 0.4) is 0 Å². The molecule has 2 N–H and O–H groups in total. The lowest BCUT2D eigenvalue weighted by molar-refractivity contribution is -0.123. The van der Waals surface area contributed by atoms with Crippen LogP contribution in [-0.4, -0.2) is 29.1 Å². The van der Waals surface area contributed by atoms with Crippen molar-refractivity contribution in [1.82, 2.24) is 10.4 Å². The molecule has 1 aromatic heterocycles. The molecule has 0 aliphatic carbocycles. The largest absolute Gasteiger partial charge is 0.483 e. The van der Waals surface area contributed by atoms with Crippen LogP contribution in [0.4, 0.5) is 5.69 Å². The molecule has 1 heterocycles. The van der Waals surface area contributed by atoms with Gasteiger partial charge in [-0.15, -0.1) is 0 Å². The van der Waals surface area contributed by atoms with Crippen molar-refractivity contribution in [3.63, 3.8) is 0 Å². The maximum atomic E-state index is 11.9. The smallest absolute Gasteiger partial charge is 0.277 e. The Morgan fingerprint density at radius 3 is 2.68 bits per heavy atom. The molecule has 0 fully saturated rings. The highest BCUT2D eigenvalue weighted by Gasteiger charge is 2.07. The summed E-state index contributed by atoms with van der Waals surface area (Å²) >= 11 is 0. The van der Waals surface area contributed by atoms with E-state index in [9.17, 15) is 9.59 Å². The van der Waals surface area contributed by atoms with E-state index in [2.05, 4.69) is 20.8 Å². The summed E-state index contributed by atoms with van der Waals surface area (Å²) < 4.78 is 5.42. The van der Waals surface area contributed by atoms with Gasteiger partial charge in [-0.25, -0.2) is 5.43 Å². The second-order valence-corrected chi connectivity index (χ2v) is 5.40. The van der Waals surface area contributed by atoms with E-state index in [0.717, 1.165) is 5.56 Å². The van der Waals surface area contributed by atoms with Crippen molar-refractivity contribution >= 4 is 23.2 Å². The molecular formula is C18H20N4O3. The van der Waals surface area contributed by atoms with E-state index < -0.39 is 5.91 Å². The fourth-order valence-electron chi connectivity index (χ4n) is 1.97. The SMILES string of the molecule is C/C(CC(=O)Nc1cccnc1)=N\NC(=O)COc1ccccc1C. The van der Waals surface area contributed by atoms with Crippen LogP contribution in [0.2, 0.25) is 0 Å². The van der Waals surface area contributed by atoms with Gasteiger partial charge in [-0.05, 0) is 37.6 Å². The molecule has 0 spiro atoms. The quantitative estimate of drug-likeness (QED) is 0.597. The number of hydrazone groups is 1. The van der Waals surface area contributed by atoms with Crippen molar-refractivity contribution in [3.05, 3.63) is 54.4 Å². The van der Waals surface area contributed by atoms with Crippen molar-refractivity contribution in [3.8, 4) is 5.75 Å².